The van der Waals surface area contributed by atoms with Gasteiger partial charge in [-0.3, -0.25) is 4.79 Å². The van der Waals surface area contributed by atoms with Crippen molar-refractivity contribution < 1.29 is 4.79 Å². The molecule has 0 unspecified atom stereocenters. The van der Waals surface area contributed by atoms with E-state index in [2.05, 4.69) is 30.7 Å². The second kappa shape index (κ2) is 6.81. The Morgan fingerprint density at radius 3 is 2.80 bits per heavy atom. The smallest absolute Gasteiger partial charge is 0.140 e. The van der Waals surface area contributed by atoms with Gasteiger partial charge in [-0.1, -0.05) is 0 Å². The minimum atomic E-state index is 0.356. The standard InChI is InChI=1S/C16H26N2OS/c1-11(2)18-7-5-6-14(10-18)8-15(19)9-16-17-12(3)13(4)20-16/h11,14H,5-10H2,1-4H3/t14-/m0/s1. The molecule has 0 bridgehead atoms. The van der Waals surface area contributed by atoms with Gasteiger partial charge in [0.05, 0.1) is 12.1 Å². The molecule has 2 rings (SSSR count). The zero-order chi connectivity index (χ0) is 14.7. The van der Waals surface area contributed by atoms with Crippen molar-refractivity contribution in [2.45, 2.75) is 59.4 Å². The number of Topliss-reactive ketones (excluding diaryl/α,β-unsaturated/α-hetero) is 1. The number of aromatic nitrogens is 1. The third-order valence-corrected chi connectivity index (χ3v) is 5.29. The van der Waals surface area contributed by atoms with E-state index in [0.29, 0.717) is 24.2 Å². The molecular formula is C16H26N2OS. The van der Waals surface area contributed by atoms with E-state index in [4.69, 9.17) is 0 Å². The largest absolute Gasteiger partial charge is 0.301 e. The van der Waals surface area contributed by atoms with Crippen LogP contribution in [0.3, 0.4) is 0 Å². The van der Waals surface area contributed by atoms with Crippen LogP contribution in [0.25, 0.3) is 0 Å². The number of thiazole rings is 1. The minimum absolute atomic E-state index is 0.356. The highest BCUT2D eigenvalue weighted by Crippen LogP contribution is 2.23. The van der Waals surface area contributed by atoms with Gasteiger partial charge in [-0.05, 0) is 53.0 Å². The van der Waals surface area contributed by atoms with E-state index in [0.717, 1.165) is 23.7 Å². The lowest BCUT2D eigenvalue weighted by Gasteiger charge is -2.35. The first-order chi connectivity index (χ1) is 9.45. The van der Waals surface area contributed by atoms with Gasteiger partial charge in [0.25, 0.3) is 0 Å². The fourth-order valence-electron chi connectivity index (χ4n) is 2.91. The van der Waals surface area contributed by atoms with Gasteiger partial charge in [0.2, 0.25) is 0 Å². The predicted molar refractivity (Wildman–Crippen MR) is 84.3 cm³/mol. The summed E-state index contributed by atoms with van der Waals surface area (Å²) >= 11 is 1.67. The highest BCUT2D eigenvalue weighted by Gasteiger charge is 2.23. The van der Waals surface area contributed by atoms with Gasteiger partial charge in [-0.25, -0.2) is 4.98 Å². The molecule has 4 heteroatoms. The Hall–Kier alpha value is -0.740. The SMILES string of the molecule is Cc1nc(CC(=O)C[C@@H]2CCCN(C(C)C)C2)sc1C. The average Bonchev–Trinajstić information content (AvgIpc) is 2.68. The second-order valence-corrected chi connectivity index (χ2v) is 7.55. The van der Waals surface area contributed by atoms with E-state index in [1.54, 1.807) is 11.3 Å². The van der Waals surface area contributed by atoms with Crippen LogP contribution in [0, 0.1) is 19.8 Å². The summed E-state index contributed by atoms with van der Waals surface area (Å²) in [7, 11) is 0. The summed E-state index contributed by atoms with van der Waals surface area (Å²) in [5, 5.41) is 0.988. The molecule has 1 fully saturated rings. The van der Waals surface area contributed by atoms with Gasteiger partial charge >= 0.3 is 0 Å². The Bertz CT molecular complexity index is 448. The molecule has 0 radical (unpaired) electrons. The number of carbonyl (C=O) groups is 1. The van der Waals surface area contributed by atoms with E-state index in [1.807, 2.05) is 6.92 Å². The summed E-state index contributed by atoms with van der Waals surface area (Å²) in [5.41, 5.74) is 1.07. The van der Waals surface area contributed by atoms with Crippen molar-refractivity contribution in [3.8, 4) is 0 Å². The van der Waals surface area contributed by atoms with E-state index >= 15 is 0 Å². The fourth-order valence-corrected chi connectivity index (χ4v) is 3.87. The molecule has 0 amide bonds. The van der Waals surface area contributed by atoms with Crippen LogP contribution in [0.15, 0.2) is 0 Å². The van der Waals surface area contributed by atoms with E-state index in [1.165, 1.54) is 24.3 Å². The van der Waals surface area contributed by atoms with Crippen LogP contribution in [-0.4, -0.2) is 34.8 Å². The topological polar surface area (TPSA) is 33.2 Å². The van der Waals surface area contributed by atoms with Crippen LogP contribution in [0.5, 0.6) is 0 Å². The highest BCUT2D eigenvalue weighted by molar-refractivity contribution is 7.11. The van der Waals surface area contributed by atoms with Crippen molar-refractivity contribution in [2.75, 3.05) is 13.1 Å². The first kappa shape index (κ1) is 15.6. The lowest BCUT2D eigenvalue weighted by molar-refractivity contribution is -0.119. The minimum Gasteiger partial charge on any atom is -0.301 e. The molecule has 2 heterocycles. The van der Waals surface area contributed by atoms with Crippen LogP contribution in [-0.2, 0) is 11.2 Å². The van der Waals surface area contributed by atoms with Gasteiger partial charge in [0, 0.05) is 23.9 Å². The van der Waals surface area contributed by atoms with Crippen molar-refractivity contribution >= 4 is 17.1 Å². The lowest BCUT2D eigenvalue weighted by Crippen LogP contribution is -2.40. The van der Waals surface area contributed by atoms with Gasteiger partial charge in [-0.2, -0.15) is 0 Å². The Morgan fingerprint density at radius 2 is 2.20 bits per heavy atom. The van der Waals surface area contributed by atoms with E-state index in [9.17, 15) is 4.79 Å². The Labute approximate surface area is 126 Å². The van der Waals surface area contributed by atoms with Crippen molar-refractivity contribution in [1.82, 2.24) is 9.88 Å². The maximum absolute atomic E-state index is 12.2. The number of nitrogens with zero attached hydrogens (tertiary/aromatic N) is 2. The van der Waals surface area contributed by atoms with Gasteiger partial charge in [0.15, 0.2) is 0 Å². The maximum Gasteiger partial charge on any atom is 0.140 e. The molecule has 1 aromatic heterocycles. The predicted octanol–water partition coefficient (Wildman–Crippen LogP) is 3.38. The van der Waals surface area contributed by atoms with E-state index < -0.39 is 0 Å². The molecular weight excluding hydrogens is 268 g/mol. The van der Waals surface area contributed by atoms with Crippen LogP contribution >= 0.6 is 11.3 Å². The third-order valence-electron chi connectivity index (χ3n) is 4.22. The van der Waals surface area contributed by atoms with Crippen molar-refractivity contribution in [1.29, 1.82) is 0 Å². The summed E-state index contributed by atoms with van der Waals surface area (Å²) in [6, 6.07) is 0.595. The number of aryl methyl sites for hydroxylation is 2. The molecule has 0 saturated carbocycles. The second-order valence-electron chi connectivity index (χ2n) is 6.27. The summed E-state index contributed by atoms with van der Waals surface area (Å²) in [4.78, 5) is 20.4. The third kappa shape index (κ3) is 4.13. The normalized spacial score (nSPS) is 20.6. The lowest BCUT2D eigenvalue weighted by atomic mass is 9.91. The summed E-state index contributed by atoms with van der Waals surface area (Å²) in [6.45, 7) is 10.8. The fraction of sp³-hybridized carbons (Fsp3) is 0.750. The highest BCUT2D eigenvalue weighted by atomic mass is 32.1. The van der Waals surface area contributed by atoms with Crippen LogP contribution in [0.2, 0.25) is 0 Å². The quantitative estimate of drug-likeness (QED) is 0.834. The Balaban J connectivity index is 1.85. The molecule has 0 aliphatic carbocycles. The molecule has 1 saturated heterocycles. The molecule has 1 aromatic rings. The number of ketones is 1. The van der Waals surface area contributed by atoms with Crippen LogP contribution in [0.4, 0.5) is 0 Å². The monoisotopic (exact) mass is 294 g/mol. The number of hydrogen-bond donors (Lipinski definition) is 0. The summed E-state index contributed by atoms with van der Waals surface area (Å²) in [5.74, 6) is 0.898. The Kier molecular flexibility index (Phi) is 5.33. The van der Waals surface area contributed by atoms with Crippen molar-refractivity contribution in [3.63, 3.8) is 0 Å². The van der Waals surface area contributed by atoms with Crippen molar-refractivity contribution in [3.05, 3.63) is 15.6 Å². The number of rotatable bonds is 5. The number of hydrogen-bond acceptors (Lipinski definition) is 4. The summed E-state index contributed by atoms with van der Waals surface area (Å²) < 4.78 is 0. The molecule has 112 valence electrons. The summed E-state index contributed by atoms with van der Waals surface area (Å²) in [6.07, 6.45) is 3.68. The molecule has 1 aliphatic rings. The molecule has 1 aliphatic heterocycles. The van der Waals surface area contributed by atoms with E-state index in [-0.39, 0.29) is 0 Å². The maximum atomic E-state index is 12.2. The first-order valence-corrected chi connectivity index (χ1v) is 8.46. The van der Waals surface area contributed by atoms with Gasteiger partial charge in [-0.15, -0.1) is 11.3 Å². The zero-order valence-corrected chi connectivity index (χ0v) is 13.9. The molecule has 1 atom stereocenters. The molecule has 0 aromatic carbocycles. The zero-order valence-electron chi connectivity index (χ0n) is 13.1. The van der Waals surface area contributed by atoms with Crippen LogP contribution in [0.1, 0.15) is 48.7 Å². The Morgan fingerprint density at radius 1 is 1.45 bits per heavy atom. The first-order valence-electron chi connectivity index (χ1n) is 7.64. The molecule has 20 heavy (non-hydrogen) atoms. The van der Waals surface area contributed by atoms with Gasteiger partial charge < -0.3 is 4.90 Å². The number of likely N-dealkylation sites (tertiary alicyclic amines) is 1. The van der Waals surface area contributed by atoms with Crippen molar-refractivity contribution in [2.24, 2.45) is 5.92 Å². The molecule has 3 nitrogen and oxygen atoms in total. The van der Waals surface area contributed by atoms with Gasteiger partial charge in [0.1, 0.15) is 10.8 Å². The number of piperidine rings is 1. The van der Waals surface area contributed by atoms with Crippen LogP contribution < -0.4 is 0 Å². The average molecular weight is 294 g/mol. The molecule has 0 spiro atoms. The number of carbonyl (C=O) groups excluding carboxylic acids is 1. The molecule has 0 N–H and O–H groups in total.